The monoisotopic (exact) mass is 458 g/mol. The number of imidazole rings is 1. The van der Waals surface area contributed by atoms with Crippen LogP contribution in [-0.2, 0) is 13.0 Å². The van der Waals surface area contributed by atoms with Crippen LogP contribution in [-0.4, -0.2) is 41.3 Å². The Morgan fingerprint density at radius 2 is 1.88 bits per heavy atom. The molecule has 0 atom stereocenters. The van der Waals surface area contributed by atoms with Crippen LogP contribution in [0.1, 0.15) is 39.3 Å². The van der Waals surface area contributed by atoms with Gasteiger partial charge < -0.3 is 9.67 Å². The van der Waals surface area contributed by atoms with Crippen molar-refractivity contribution in [3.8, 4) is 22.5 Å². The molecule has 0 unspecified atom stereocenters. The summed E-state index contributed by atoms with van der Waals surface area (Å²) in [4.78, 5) is 17.7. The maximum atomic E-state index is 11.7. The van der Waals surface area contributed by atoms with E-state index < -0.39 is 5.97 Å². The van der Waals surface area contributed by atoms with E-state index in [2.05, 4.69) is 56.4 Å². The summed E-state index contributed by atoms with van der Waals surface area (Å²) in [7, 11) is 0. The first-order valence-corrected chi connectivity index (χ1v) is 11.5. The van der Waals surface area contributed by atoms with Crippen molar-refractivity contribution in [3.05, 3.63) is 69.7 Å². The number of benzene rings is 2. The number of hydrogen-bond acceptors (Lipinski definition) is 6. The van der Waals surface area contributed by atoms with E-state index in [1.807, 2.05) is 31.2 Å². The molecule has 2 aromatic carbocycles. The summed E-state index contributed by atoms with van der Waals surface area (Å²) in [5.41, 5.74) is 5.64. The van der Waals surface area contributed by atoms with Crippen molar-refractivity contribution < 1.29 is 9.90 Å². The number of carbonyl (C=O) groups is 1. The second kappa shape index (κ2) is 8.59. The topological polar surface area (TPSA) is 110 Å². The molecule has 2 N–H and O–H groups in total. The van der Waals surface area contributed by atoms with Crippen molar-refractivity contribution in [1.29, 1.82) is 0 Å². The smallest absolute Gasteiger partial charge is 0.348 e. The quantitative estimate of drug-likeness (QED) is 0.357. The van der Waals surface area contributed by atoms with Gasteiger partial charge in [0.15, 0.2) is 0 Å². The van der Waals surface area contributed by atoms with Gasteiger partial charge >= 0.3 is 5.97 Å². The number of nitrogens with one attached hydrogen (secondary N) is 1. The Kier molecular flexibility index (Phi) is 5.47. The Bertz CT molecular complexity index is 1430. The summed E-state index contributed by atoms with van der Waals surface area (Å²) >= 11 is 1.29. The highest BCUT2D eigenvalue weighted by atomic mass is 32.1. The number of tetrazole rings is 1. The first kappa shape index (κ1) is 21.0. The first-order chi connectivity index (χ1) is 16.1. The summed E-state index contributed by atoms with van der Waals surface area (Å²) in [5.74, 6) is 0.560. The fourth-order valence-electron chi connectivity index (χ4n) is 4.17. The van der Waals surface area contributed by atoms with E-state index in [1.54, 1.807) is 0 Å². The summed E-state index contributed by atoms with van der Waals surface area (Å²) < 4.78 is 2.17. The number of H-pyrrole nitrogens is 1. The first-order valence-electron chi connectivity index (χ1n) is 10.7. The Morgan fingerprint density at radius 3 is 2.55 bits per heavy atom. The Morgan fingerprint density at radius 1 is 1.12 bits per heavy atom. The number of fused-ring (bicyclic) bond motifs is 1. The summed E-state index contributed by atoms with van der Waals surface area (Å²) in [6.45, 7) is 4.70. The average Bonchev–Trinajstić information content (AvgIpc) is 3.54. The van der Waals surface area contributed by atoms with Crippen molar-refractivity contribution in [1.82, 2.24) is 30.2 Å². The molecule has 0 fully saturated rings. The van der Waals surface area contributed by atoms with Crippen LogP contribution in [0.25, 0.3) is 33.5 Å². The second-order valence-electron chi connectivity index (χ2n) is 7.83. The van der Waals surface area contributed by atoms with Gasteiger partial charge in [0.25, 0.3) is 0 Å². The Balaban J connectivity index is 1.51. The van der Waals surface area contributed by atoms with Crippen molar-refractivity contribution in [3.63, 3.8) is 0 Å². The molecule has 0 saturated carbocycles. The van der Waals surface area contributed by atoms with E-state index in [0.29, 0.717) is 22.8 Å². The van der Waals surface area contributed by atoms with E-state index >= 15 is 0 Å². The van der Waals surface area contributed by atoms with Crippen LogP contribution in [0.3, 0.4) is 0 Å². The van der Waals surface area contributed by atoms with E-state index in [-0.39, 0.29) is 0 Å². The van der Waals surface area contributed by atoms with Crippen LogP contribution in [0.5, 0.6) is 0 Å². The molecule has 0 spiro atoms. The molecule has 0 amide bonds. The lowest BCUT2D eigenvalue weighted by atomic mass is 9.98. The lowest BCUT2D eigenvalue weighted by Crippen LogP contribution is -2.05. The molecule has 5 aromatic rings. The third kappa shape index (κ3) is 3.80. The minimum atomic E-state index is -0.921. The Labute approximate surface area is 193 Å². The fraction of sp³-hybridized carbons (Fsp3) is 0.208. The molecule has 0 aliphatic carbocycles. The summed E-state index contributed by atoms with van der Waals surface area (Å²) in [5, 5.41) is 24.0. The zero-order valence-electron chi connectivity index (χ0n) is 18.2. The van der Waals surface area contributed by atoms with Gasteiger partial charge in [-0.1, -0.05) is 55.5 Å². The molecular weight excluding hydrogens is 436 g/mol. The summed E-state index contributed by atoms with van der Waals surface area (Å²) in [6.07, 6.45) is 1.74. The minimum absolute atomic E-state index is 0.312. The zero-order valence-corrected chi connectivity index (χ0v) is 19.1. The lowest BCUT2D eigenvalue weighted by Gasteiger charge is -2.11. The predicted octanol–water partition coefficient (Wildman–Crippen LogP) is 4.95. The van der Waals surface area contributed by atoms with Crippen molar-refractivity contribution in [2.45, 2.75) is 33.2 Å². The van der Waals surface area contributed by atoms with Crippen LogP contribution in [0.15, 0.2) is 48.5 Å². The molecule has 0 bridgehead atoms. The van der Waals surface area contributed by atoms with Crippen molar-refractivity contribution >= 4 is 28.3 Å². The number of aromatic amines is 1. The highest BCUT2D eigenvalue weighted by Crippen LogP contribution is 2.33. The minimum Gasteiger partial charge on any atom is -0.477 e. The molecule has 8 nitrogen and oxygen atoms in total. The number of hydrogen-bond donors (Lipinski definition) is 2. The lowest BCUT2D eigenvalue weighted by molar-refractivity contribution is 0.0704. The van der Waals surface area contributed by atoms with E-state index in [0.717, 1.165) is 51.3 Å². The second-order valence-corrected chi connectivity index (χ2v) is 9.06. The van der Waals surface area contributed by atoms with E-state index in [4.69, 9.17) is 4.98 Å². The van der Waals surface area contributed by atoms with Gasteiger partial charge in [-0.25, -0.2) is 9.78 Å². The predicted molar refractivity (Wildman–Crippen MR) is 127 cm³/mol. The maximum Gasteiger partial charge on any atom is 0.348 e. The molecule has 0 aliphatic rings. The number of carboxylic acid groups (broad SMARTS) is 1. The van der Waals surface area contributed by atoms with Crippen LogP contribution in [0.4, 0.5) is 0 Å². The maximum absolute atomic E-state index is 11.7. The zero-order chi connectivity index (χ0) is 22.9. The molecule has 33 heavy (non-hydrogen) atoms. The normalized spacial score (nSPS) is 11.3. The SMILES string of the molecule is CCCc1nc2c(C(=O)O)sc(C)c2n1Cc1ccc(-c2ccccc2-c2nn[nH]n2)cc1. The molecule has 0 aliphatic heterocycles. The third-order valence-corrected chi connectivity index (χ3v) is 6.71. The van der Waals surface area contributed by atoms with Crippen LogP contribution in [0, 0.1) is 6.92 Å². The van der Waals surface area contributed by atoms with Gasteiger partial charge in [0, 0.05) is 23.4 Å². The number of aromatic carboxylic acids is 1. The van der Waals surface area contributed by atoms with Gasteiger partial charge in [0.1, 0.15) is 16.2 Å². The molecule has 3 aromatic heterocycles. The van der Waals surface area contributed by atoms with Crippen molar-refractivity contribution in [2.24, 2.45) is 0 Å². The largest absolute Gasteiger partial charge is 0.477 e. The fourth-order valence-corrected chi connectivity index (χ4v) is 5.11. The molecular formula is C24H22N6O2S. The average molecular weight is 459 g/mol. The number of aromatic nitrogens is 6. The number of thiophene rings is 1. The van der Waals surface area contributed by atoms with Crippen molar-refractivity contribution in [2.75, 3.05) is 0 Å². The number of rotatable bonds is 7. The molecule has 9 heteroatoms. The summed E-state index contributed by atoms with van der Waals surface area (Å²) in [6, 6.07) is 16.3. The van der Waals surface area contributed by atoms with Crippen LogP contribution < -0.4 is 0 Å². The molecule has 3 heterocycles. The van der Waals surface area contributed by atoms with Crippen LogP contribution >= 0.6 is 11.3 Å². The van der Waals surface area contributed by atoms with Gasteiger partial charge in [-0.15, -0.1) is 21.5 Å². The number of aryl methyl sites for hydroxylation is 2. The van der Waals surface area contributed by atoms with Gasteiger partial charge in [-0.05, 0) is 35.2 Å². The van der Waals surface area contributed by atoms with Gasteiger partial charge in [-0.3, -0.25) is 0 Å². The molecule has 0 saturated heterocycles. The highest BCUT2D eigenvalue weighted by Gasteiger charge is 2.22. The van der Waals surface area contributed by atoms with Gasteiger partial charge in [0.05, 0.1) is 5.52 Å². The molecule has 166 valence electrons. The van der Waals surface area contributed by atoms with Crippen LogP contribution in [0.2, 0.25) is 0 Å². The molecule has 0 radical (unpaired) electrons. The van der Waals surface area contributed by atoms with E-state index in [9.17, 15) is 9.90 Å². The highest BCUT2D eigenvalue weighted by molar-refractivity contribution is 7.15. The Hall–Kier alpha value is -3.85. The third-order valence-electron chi connectivity index (χ3n) is 5.64. The molecule has 5 rings (SSSR count). The number of nitrogens with zero attached hydrogens (tertiary/aromatic N) is 5. The standard InChI is InChI=1S/C24H22N6O2S/c1-3-6-19-25-20-21(14(2)33-22(20)24(31)32)30(19)13-15-9-11-16(12-10-15)17-7-4-5-8-18(17)23-26-28-29-27-23/h4-5,7-12H,3,6,13H2,1-2H3,(H,31,32)(H,26,27,28,29). The van der Waals surface area contributed by atoms with Gasteiger partial charge in [-0.2, -0.15) is 5.21 Å². The van der Waals surface area contributed by atoms with E-state index in [1.165, 1.54) is 11.3 Å². The van der Waals surface area contributed by atoms with Gasteiger partial charge in [0.2, 0.25) is 5.82 Å². The number of carboxylic acids is 1.